The summed E-state index contributed by atoms with van der Waals surface area (Å²) < 4.78 is 43.8. The quantitative estimate of drug-likeness (QED) is 0.666. The highest BCUT2D eigenvalue weighted by Crippen LogP contribution is 2.39. The van der Waals surface area contributed by atoms with Crippen molar-refractivity contribution < 1.29 is 17.9 Å². The highest BCUT2D eigenvalue weighted by molar-refractivity contribution is 5.62. The third-order valence-corrected chi connectivity index (χ3v) is 7.15. The summed E-state index contributed by atoms with van der Waals surface area (Å²) >= 11 is 0. The van der Waals surface area contributed by atoms with E-state index in [1.165, 1.54) is 76.0 Å². The Bertz CT molecular complexity index is 938. The van der Waals surface area contributed by atoms with Crippen molar-refractivity contribution in [2.75, 3.05) is 32.0 Å². The lowest BCUT2D eigenvalue weighted by molar-refractivity contribution is -0.140. The first-order valence-electron chi connectivity index (χ1n) is 12.1. The first-order chi connectivity index (χ1) is 16.1. The molecule has 34 heavy (non-hydrogen) atoms. The molecule has 0 amide bonds. The Balaban J connectivity index is 0.000000161. The van der Waals surface area contributed by atoms with Crippen molar-refractivity contribution in [1.82, 2.24) is 20.1 Å². The molecule has 3 unspecified atom stereocenters. The number of alkyl halides is 3. The number of rotatable bonds is 3. The van der Waals surface area contributed by atoms with Crippen LogP contribution in [0.1, 0.15) is 51.6 Å². The number of pyridine rings is 1. The Morgan fingerprint density at radius 1 is 1.09 bits per heavy atom. The monoisotopic (exact) mass is 477 g/mol. The minimum Gasteiger partial charge on any atom is -0.382 e. The van der Waals surface area contributed by atoms with E-state index in [2.05, 4.69) is 33.9 Å². The molecule has 1 aliphatic carbocycles. The Labute approximate surface area is 199 Å². The van der Waals surface area contributed by atoms with Crippen LogP contribution in [0.15, 0.2) is 30.5 Å². The fourth-order valence-electron chi connectivity index (χ4n) is 5.68. The summed E-state index contributed by atoms with van der Waals surface area (Å²) in [6.45, 7) is 9.58. The molecule has 2 aromatic rings. The Kier molecular flexibility index (Phi) is 7.42. The normalized spacial score (nSPS) is 26.6. The fraction of sp³-hybridized carbons (Fsp3) is 0.640. The minimum atomic E-state index is -4.53. The second-order valence-corrected chi connectivity index (χ2v) is 10.4. The molecule has 3 atom stereocenters. The first-order valence-corrected chi connectivity index (χ1v) is 12.1. The zero-order valence-electron chi connectivity index (χ0n) is 19.9. The number of ether oxygens (including phenoxy) is 1. The number of hydrogen-bond donors (Lipinski definition) is 1. The highest BCUT2D eigenvalue weighted by atomic mass is 19.4. The van der Waals surface area contributed by atoms with Crippen molar-refractivity contribution in [2.45, 2.75) is 57.7 Å². The van der Waals surface area contributed by atoms with Crippen LogP contribution in [-0.2, 0) is 10.9 Å². The molecule has 0 aromatic carbocycles. The van der Waals surface area contributed by atoms with Gasteiger partial charge in [-0.05, 0) is 81.5 Å². The van der Waals surface area contributed by atoms with Crippen molar-refractivity contribution in [1.29, 1.82) is 0 Å². The lowest BCUT2D eigenvalue weighted by atomic mass is 9.88. The van der Waals surface area contributed by atoms with E-state index >= 15 is 0 Å². The average molecular weight is 478 g/mol. The summed E-state index contributed by atoms with van der Waals surface area (Å²) in [5.74, 6) is 3.11. The number of halogens is 3. The van der Waals surface area contributed by atoms with E-state index < -0.39 is 11.9 Å². The summed E-state index contributed by atoms with van der Waals surface area (Å²) in [7, 11) is 0. The zero-order chi connectivity index (χ0) is 24.3. The molecular formula is C25H34F3N5O. The smallest absolute Gasteiger partial charge is 0.382 e. The van der Waals surface area contributed by atoms with Crippen LogP contribution in [0.25, 0.3) is 11.3 Å². The largest absolute Gasteiger partial charge is 0.434 e. The Morgan fingerprint density at radius 3 is 2.44 bits per heavy atom. The first kappa shape index (κ1) is 24.9. The van der Waals surface area contributed by atoms with Gasteiger partial charge in [-0.1, -0.05) is 6.42 Å². The maximum Gasteiger partial charge on any atom is 0.434 e. The molecule has 2 aliphatic heterocycles. The van der Waals surface area contributed by atoms with Crippen LogP contribution in [0.5, 0.6) is 0 Å². The second-order valence-electron chi connectivity index (χ2n) is 10.4. The summed E-state index contributed by atoms with van der Waals surface area (Å²) in [5.41, 5.74) is 4.42. The van der Waals surface area contributed by atoms with Crippen molar-refractivity contribution >= 4 is 5.82 Å². The maximum atomic E-state index is 12.7. The molecule has 2 N–H and O–H groups in total. The van der Waals surface area contributed by atoms with Gasteiger partial charge in [0.1, 0.15) is 5.82 Å². The molecule has 3 fully saturated rings. The SMILES string of the molecule is CC1(C)CC(CN2CC3CCCC3C2)CCO1.Nc1ccc(-c2cccnc2C(F)(F)F)nn1. The summed E-state index contributed by atoms with van der Waals surface area (Å²) in [6.07, 6.45) is 3.57. The number of aromatic nitrogens is 3. The average Bonchev–Trinajstić information content (AvgIpc) is 3.35. The van der Waals surface area contributed by atoms with Crippen molar-refractivity contribution in [2.24, 2.45) is 17.8 Å². The van der Waals surface area contributed by atoms with Crippen molar-refractivity contribution in [3.05, 3.63) is 36.2 Å². The summed E-state index contributed by atoms with van der Waals surface area (Å²) in [5, 5.41) is 7.12. The van der Waals surface area contributed by atoms with E-state index in [0.717, 1.165) is 30.6 Å². The molecule has 0 radical (unpaired) electrons. The fourth-order valence-corrected chi connectivity index (χ4v) is 5.68. The number of nitrogens with zero attached hydrogens (tertiary/aromatic N) is 4. The molecule has 4 heterocycles. The van der Waals surface area contributed by atoms with Gasteiger partial charge in [0.15, 0.2) is 5.69 Å². The van der Waals surface area contributed by atoms with E-state index in [0.29, 0.717) is 0 Å². The van der Waals surface area contributed by atoms with Crippen LogP contribution in [0.2, 0.25) is 0 Å². The Hall–Kier alpha value is -2.26. The van der Waals surface area contributed by atoms with Crippen LogP contribution >= 0.6 is 0 Å². The van der Waals surface area contributed by atoms with Gasteiger partial charge in [0.05, 0.1) is 11.3 Å². The molecule has 3 aliphatic rings. The molecule has 0 bridgehead atoms. The summed E-state index contributed by atoms with van der Waals surface area (Å²) in [6, 6.07) is 5.45. The van der Waals surface area contributed by atoms with Crippen molar-refractivity contribution in [3.63, 3.8) is 0 Å². The molecule has 9 heteroatoms. The molecule has 6 nitrogen and oxygen atoms in total. The number of nitrogens with two attached hydrogens (primary N) is 1. The minimum absolute atomic E-state index is 0.0830. The molecule has 5 rings (SSSR count). The highest BCUT2D eigenvalue weighted by Gasteiger charge is 2.38. The summed E-state index contributed by atoms with van der Waals surface area (Å²) in [4.78, 5) is 6.08. The third-order valence-electron chi connectivity index (χ3n) is 7.15. The standard InChI is InChI=1S/C15H27NO.C10H7F3N4/c1-15(2)8-12(6-7-17-15)9-16-10-13-4-3-5-14(13)11-16;11-10(12,13)9-6(2-1-5-15-9)7-3-4-8(14)17-16-7/h12-14H,3-11H2,1-2H3;1-5H,(H2,14,17). The van der Waals surface area contributed by atoms with Crippen LogP contribution in [0.4, 0.5) is 19.0 Å². The van der Waals surface area contributed by atoms with E-state index in [1.807, 2.05) is 0 Å². The zero-order valence-corrected chi connectivity index (χ0v) is 19.9. The van der Waals surface area contributed by atoms with Gasteiger partial charge in [0.25, 0.3) is 0 Å². The number of nitrogen functional groups attached to an aromatic ring is 1. The second kappa shape index (κ2) is 10.2. The van der Waals surface area contributed by atoms with Gasteiger partial charge < -0.3 is 15.4 Å². The van der Waals surface area contributed by atoms with Gasteiger partial charge in [0, 0.05) is 38.0 Å². The van der Waals surface area contributed by atoms with E-state index in [-0.39, 0.29) is 22.7 Å². The lowest BCUT2D eigenvalue weighted by Gasteiger charge is -2.37. The molecular weight excluding hydrogens is 443 g/mol. The lowest BCUT2D eigenvalue weighted by Crippen LogP contribution is -2.39. The van der Waals surface area contributed by atoms with Crippen LogP contribution in [-0.4, -0.2) is 51.9 Å². The predicted octanol–water partition coefficient (Wildman–Crippen LogP) is 5.06. The third kappa shape index (κ3) is 6.24. The molecule has 0 spiro atoms. The molecule has 1 saturated carbocycles. The number of hydrogen-bond acceptors (Lipinski definition) is 6. The van der Waals surface area contributed by atoms with E-state index in [4.69, 9.17) is 10.5 Å². The maximum absolute atomic E-state index is 12.7. The van der Waals surface area contributed by atoms with E-state index in [1.54, 1.807) is 0 Å². The van der Waals surface area contributed by atoms with Crippen molar-refractivity contribution in [3.8, 4) is 11.3 Å². The number of likely N-dealkylation sites (tertiary alicyclic amines) is 1. The van der Waals surface area contributed by atoms with Gasteiger partial charge in [-0.3, -0.25) is 4.98 Å². The number of fused-ring (bicyclic) bond motifs is 1. The van der Waals surface area contributed by atoms with Gasteiger partial charge >= 0.3 is 6.18 Å². The van der Waals surface area contributed by atoms with Crippen LogP contribution in [0, 0.1) is 17.8 Å². The Morgan fingerprint density at radius 2 is 1.82 bits per heavy atom. The topological polar surface area (TPSA) is 77.2 Å². The van der Waals surface area contributed by atoms with Crippen LogP contribution < -0.4 is 5.73 Å². The molecule has 2 saturated heterocycles. The van der Waals surface area contributed by atoms with E-state index in [9.17, 15) is 13.2 Å². The molecule has 2 aromatic heterocycles. The van der Waals surface area contributed by atoms with Gasteiger partial charge in [-0.2, -0.15) is 13.2 Å². The van der Waals surface area contributed by atoms with Crippen LogP contribution in [0.3, 0.4) is 0 Å². The van der Waals surface area contributed by atoms with Gasteiger partial charge in [0.2, 0.25) is 0 Å². The van der Waals surface area contributed by atoms with Gasteiger partial charge in [-0.25, -0.2) is 0 Å². The van der Waals surface area contributed by atoms with Gasteiger partial charge in [-0.15, -0.1) is 10.2 Å². The molecule has 186 valence electrons. The predicted molar refractivity (Wildman–Crippen MR) is 125 cm³/mol. The number of anilines is 1.